The molecule has 0 aliphatic carbocycles. The predicted molar refractivity (Wildman–Crippen MR) is 117 cm³/mol. The fourth-order valence-corrected chi connectivity index (χ4v) is 5.44. The van der Waals surface area contributed by atoms with Gasteiger partial charge in [-0.3, -0.25) is 9.59 Å². The number of rotatable bonds is 4. The second kappa shape index (κ2) is 7.84. The van der Waals surface area contributed by atoms with Crippen LogP contribution in [0.2, 0.25) is 0 Å². The summed E-state index contributed by atoms with van der Waals surface area (Å²) in [5.41, 5.74) is 3.32. The van der Waals surface area contributed by atoms with Crippen molar-refractivity contribution in [2.75, 3.05) is 6.61 Å². The number of carbonyl (C=O) groups is 3. The Hall–Kier alpha value is -3.58. The topological polar surface area (TPSA) is 94.6 Å². The summed E-state index contributed by atoms with van der Waals surface area (Å²) < 4.78 is 31.2. The molecule has 32 heavy (non-hydrogen) atoms. The Bertz CT molecular complexity index is 1420. The average molecular weight is 448 g/mol. The van der Waals surface area contributed by atoms with Crippen molar-refractivity contribution >= 4 is 27.4 Å². The molecule has 1 aliphatic heterocycles. The average Bonchev–Trinajstić information content (AvgIpc) is 2.78. The first-order chi connectivity index (χ1) is 15.1. The van der Waals surface area contributed by atoms with Gasteiger partial charge in [0.15, 0.2) is 12.4 Å². The summed E-state index contributed by atoms with van der Waals surface area (Å²) in [5, 5.41) is 0. The lowest BCUT2D eigenvalue weighted by Gasteiger charge is -2.19. The normalized spacial score (nSPS) is 13.8. The zero-order valence-electron chi connectivity index (χ0n) is 17.8. The van der Waals surface area contributed by atoms with Gasteiger partial charge in [-0.25, -0.2) is 13.2 Å². The zero-order valence-corrected chi connectivity index (χ0v) is 18.6. The molecule has 3 aromatic carbocycles. The standard InChI is InChI=1S/C25H20O6S/c1-14-10-16(3)20(11-15(14)2)21(26)13-31-25(28)17-8-9-19-23(12-17)32(29,30)22-7-5-4-6-18(22)24(19)27/h4-12H,13H2,1-3H3. The van der Waals surface area contributed by atoms with Crippen LogP contribution in [0.3, 0.4) is 0 Å². The number of sulfone groups is 1. The van der Waals surface area contributed by atoms with Gasteiger partial charge in [0.05, 0.1) is 15.4 Å². The zero-order chi connectivity index (χ0) is 23.2. The van der Waals surface area contributed by atoms with Gasteiger partial charge in [0.25, 0.3) is 0 Å². The molecule has 7 heteroatoms. The van der Waals surface area contributed by atoms with Crippen molar-refractivity contribution in [1.29, 1.82) is 0 Å². The van der Waals surface area contributed by atoms with Crippen LogP contribution < -0.4 is 0 Å². The molecule has 0 bridgehead atoms. The third-order valence-electron chi connectivity index (χ3n) is 5.65. The molecule has 0 saturated heterocycles. The fourth-order valence-electron chi connectivity index (χ4n) is 3.76. The molecule has 162 valence electrons. The molecule has 0 atom stereocenters. The Kier molecular flexibility index (Phi) is 5.30. The molecule has 1 aliphatic rings. The highest BCUT2D eigenvalue weighted by Crippen LogP contribution is 2.34. The molecule has 0 unspecified atom stereocenters. The summed E-state index contributed by atoms with van der Waals surface area (Å²) in [4.78, 5) is 37.5. The third-order valence-corrected chi connectivity index (χ3v) is 7.50. The lowest BCUT2D eigenvalue weighted by molar-refractivity contribution is 0.0474. The molecule has 3 aromatic rings. The van der Waals surface area contributed by atoms with Gasteiger partial charge in [-0.1, -0.05) is 18.2 Å². The van der Waals surface area contributed by atoms with Gasteiger partial charge in [-0.15, -0.1) is 0 Å². The quantitative estimate of drug-likeness (QED) is 0.346. The number of fused-ring (bicyclic) bond motifs is 2. The first-order valence-electron chi connectivity index (χ1n) is 9.92. The van der Waals surface area contributed by atoms with Crippen molar-refractivity contribution < 1.29 is 27.5 Å². The maximum absolute atomic E-state index is 13.0. The molecule has 0 aromatic heterocycles. The minimum absolute atomic E-state index is 0.00193. The SMILES string of the molecule is Cc1cc(C)c(C(=O)COC(=O)c2ccc3c(c2)S(=O)(=O)c2ccccc2C3=O)cc1C. The predicted octanol–water partition coefficient (Wildman–Crippen LogP) is 4.03. The van der Waals surface area contributed by atoms with Gasteiger partial charge >= 0.3 is 5.97 Å². The largest absolute Gasteiger partial charge is 0.454 e. The van der Waals surface area contributed by atoms with Crippen LogP contribution in [0.5, 0.6) is 0 Å². The van der Waals surface area contributed by atoms with E-state index in [9.17, 15) is 22.8 Å². The van der Waals surface area contributed by atoms with E-state index in [1.165, 1.54) is 30.3 Å². The van der Waals surface area contributed by atoms with E-state index in [2.05, 4.69) is 0 Å². The van der Waals surface area contributed by atoms with Gasteiger partial charge in [0, 0.05) is 16.7 Å². The highest BCUT2D eigenvalue weighted by atomic mass is 32.2. The minimum Gasteiger partial charge on any atom is -0.454 e. The Morgan fingerprint density at radius 3 is 2.22 bits per heavy atom. The van der Waals surface area contributed by atoms with E-state index in [1.807, 2.05) is 26.8 Å². The molecular formula is C25H20O6S. The highest BCUT2D eigenvalue weighted by molar-refractivity contribution is 7.91. The number of esters is 1. The Labute approximate surface area is 185 Å². The number of Topliss-reactive ketones (excluding diaryl/α,β-unsaturated/α-hetero) is 1. The smallest absolute Gasteiger partial charge is 0.338 e. The maximum Gasteiger partial charge on any atom is 0.338 e. The monoisotopic (exact) mass is 448 g/mol. The van der Waals surface area contributed by atoms with Gasteiger partial charge in [0.2, 0.25) is 15.6 Å². The molecule has 4 rings (SSSR count). The number of aryl methyl sites for hydroxylation is 3. The van der Waals surface area contributed by atoms with Gasteiger partial charge in [-0.05, 0) is 73.9 Å². The summed E-state index contributed by atoms with van der Waals surface area (Å²) >= 11 is 0. The Balaban J connectivity index is 1.59. The van der Waals surface area contributed by atoms with Crippen LogP contribution in [0.15, 0.2) is 64.4 Å². The van der Waals surface area contributed by atoms with Gasteiger partial charge < -0.3 is 4.74 Å². The first kappa shape index (κ1) is 21.6. The molecule has 0 amide bonds. The maximum atomic E-state index is 13.0. The van der Waals surface area contributed by atoms with E-state index in [0.29, 0.717) is 5.56 Å². The Morgan fingerprint density at radius 1 is 0.812 bits per heavy atom. The fraction of sp³-hybridized carbons (Fsp3) is 0.160. The molecule has 0 spiro atoms. The number of hydrogen-bond acceptors (Lipinski definition) is 6. The molecule has 0 saturated carbocycles. The lowest BCUT2D eigenvalue weighted by atomic mass is 9.98. The van der Waals surface area contributed by atoms with Crippen molar-refractivity contribution in [3.05, 3.63) is 93.5 Å². The molecule has 0 radical (unpaired) electrons. The van der Waals surface area contributed by atoms with Crippen molar-refractivity contribution in [1.82, 2.24) is 0 Å². The van der Waals surface area contributed by atoms with Crippen LogP contribution in [0, 0.1) is 20.8 Å². The van der Waals surface area contributed by atoms with E-state index in [-0.39, 0.29) is 32.3 Å². The third kappa shape index (κ3) is 3.54. The van der Waals surface area contributed by atoms with Crippen LogP contribution >= 0.6 is 0 Å². The van der Waals surface area contributed by atoms with Crippen LogP contribution in [0.1, 0.15) is 53.3 Å². The molecule has 0 N–H and O–H groups in total. The summed E-state index contributed by atoms with van der Waals surface area (Å²) in [6.07, 6.45) is 0. The molecule has 6 nitrogen and oxygen atoms in total. The van der Waals surface area contributed by atoms with E-state index in [1.54, 1.807) is 12.1 Å². The summed E-state index contributed by atoms with van der Waals surface area (Å²) in [5.74, 6) is -1.62. The number of benzene rings is 3. The summed E-state index contributed by atoms with van der Waals surface area (Å²) in [6, 6.07) is 13.4. The van der Waals surface area contributed by atoms with E-state index < -0.39 is 28.2 Å². The molecule has 0 fully saturated rings. The summed E-state index contributed by atoms with van der Waals surface area (Å²) in [7, 11) is -3.97. The minimum atomic E-state index is -3.97. The van der Waals surface area contributed by atoms with Gasteiger partial charge in [-0.2, -0.15) is 0 Å². The van der Waals surface area contributed by atoms with Crippen molar-refractivity contribution in [3.63, 3.8) is 0 Å². The van der Waals surface area contributed by atoms with E-state index in [4.69, 9.17) is 4.74 Å². The first-order valence-corrected chi connectivity index (χ1v) is 11.4. The second-order valence-electron chi connectivity index (χ2n) is 7.79. The molecule has 1 heterocycles. The second-order valence-corrected chi connectivity index (χ2v) is 9.68. The highest BCUT2D eigenvalue weighted by Gasteiger charge is 2.35. The van der Waals surface area contributed by atoms with Gasteiger partial charge in [0.1, 0.15) is 0 Å². The number of hydrogen-bond donors (Lipinski definition) is 0. The van der Waals surface area contributed by atoms with Crippen LogP contribution in [0.25, 0.3) is 0 Å². The van der Waals surface area contributed by atoms with Crippen LogP contribution in [-0.4, -0.2) is 32.6 Å². The van der Waals surface area contributed by atoms with E-state index >= 15 is 0 Å². The van der Waals surface area contributed by atoms with Crippen molar-refractivity contribution in [2.24, 2.45) is 0 Å². The number of ketones is 2. The van der Waals surface area contributed by atoms with Crippen molar-refractivity contribution in [3.8, 4) is 0 Å². The Morgan fingerprint density at radius 2 is 1.47 bits per heavy atom. The van der Waals surface area contributed by atoms with E-state index in [0.717, 1.165) is 22.8 Å². The summed E-state index contributed by atoms with van der Waals surface area (Å²) in [6.45, 7) is 5.17. The number of ether oxygens (including phenoxy) is 1. The molecular weight excluding hydrogens is 428 g/mol. The number of carbonyl (C=O) groups excluding carboxylic acids is 3. The lowest BCUT2D eigenvalue weighted by Crippen LogP contribution is -2.21. The van der Waals surface area contributed by atoms with Crippen LogP contribution in [-0.2, 0) is 14.6 Å². The van der Waals surface area contributed by atoms with Crippen molar-refractivity contribution in [2.45, 2.75) is 30.6 Å². The van der Waals surface area contributed by atoms with Crippen LogP contribution in [0.4, 0.5) is 0 Å².